The highest BCUT2D eigenvalue weighted by molar-refractivity contribution is 6.06. The maximum Gasteiger partial charge on any atom is 0.252 e. The van der Waals surface area contributed by atoms with Gasteiger partial charge in [0.2, 0.25) is 0 Å². The lowest BCUT2D eigenvalue weighted by molar-refractivity contribution is 0.0952. The van der Waals surface area contributed by atoms with Crippen LogP contribution in [0.2, 0.25) is 0 Å². The number of nitrogens with zero attached hydrogens (tertiary/aromatic N) is 1. The number of amides is 1. The van der Waals surface area contributed by atoms with Crippen LogP contribution in [0.1, 0.15) is 27.2 Å². The van der Waals surface area contributed by atoms with E-state index in [0.29, 0.717) is 12.1 Å². The first kappa shape index (κ1) is 16.0. The van der Waals surface area contributed by atoms with Crippen LogP contribution in [0.3, 0.4) is 0 Å². The minimum absolute atomic E-state index is 0.109. The number of fused-ring (bicyclic) bond motifs is 1. The molecule has 0 atom stereocenters. The van der Waals surface area contributed by atoms with E-state index in [9.17, 15) is 4.79 Å². The van der Waals surface area contributed by atoms with Gasteiger partial charge in [-0.25, -0.2) is 0 Å². The third-order valence-corrected chi connectivity index (χ3v) is 4.05. The second-order valence-electron chi connectivity index (χ2n) is 5.78. The number of carbonyl (C=O) groups excluding carboxylic acids is 1. The number of hydrogen-bond acceptors (Lipinski definition) is 3. The molecule has 1 heterocycles. The standard InChI is InChI=1S/C20H20N2O2/c1-13-7-6-9-16-17(11-14(2)22-19(13)16)20(23)21-12-15-8-4-5-10-18(15)24-3/h4-11H,12H2,1-3H3,(H,21,23). The van der Waals surface area contributed by atoms with Crippen LogP contribution < -0.4 is 10.1 Å². The predicted octanol–water partition coefficient (Wildman–Crippen LogP) is 3.79. The molecule has 1 amide bonds. The molecule has 24 heavy (non-hydrogen) atoms. The second-order valence-corrected chi connectivity index (χ2v) is 5.78. The minimum Gasteiger partial charge on any atom is -0.496 e. The van der Waals surface area contributed by atoms with Gasteiger partial charge in [-0.15, -0.1) is 0 Å². The highest BCUT2D eigenvalue weighted by atomic mass is 16.5. The first-order chi connectivity index (χ1) is 11.6. The molecule has 3 aromatic rings. The number of ether oxygens (including phenoxy) is 1. The quantitative estimate of drug-likeness (QED) is 0.795. The molecule has 122 valence electrons. The maximum atomic E-state index is 12.7. The Morgan fingerprint density at radius 2 is 1.92 bits per heavy atom. The molecule has 2 aromatic carbocycles. The smallest absolute Gasteiger partial charge is 0.252 e. The van der Waals surface area contributed by atoms with Crippen molar-refractivity contribution < 1.29 is 9.53 Å². The highest BCUT2D eigenvalue weighted by Gasteiger charge is 2.13. The lowest BCUT2D eigenvalue weighted by atomic mass is 10.0. The molecular weight excluding hydrogens is 300 g/mol. The molecule has 0 aliphatic carbocycles. The summed E-state index contributed by atoms with van der Waals surface area (Å²) >= 11 is 0. The number of rotatable bonds is 4. The molecule has 0 unspecified atom stereocenters. The molecule has 1 N–H and O–H groups in total. The molecule has 0 saturated heterocycles. The van der Waals surface area contributed by atoms with Gasteiger partial charge in [-0.05, 0) is 31.5 Å². The van der Waals surface area contributed by atoms with E-state index in [-0.39, 0.29) is 5.91 Å². The van der Waals surface area contributed by atoms with Crippen molar-refractivity contribution in [3.05, 3.63) is 70.9 Å². The normalized spacial score (nSPS) is 10.6. The summed E-state index contributed by atoms with van der Waals surface area (Å²) in [5, 5.41) is 3.86. The van der Waals surface area contributed by atoms with Gasteiger partial charge in [0.15, 0.2) is 0 Å². The number of benzene rings is 2. The van der Waals surface area contributed by atoms with Gasteiger partial charge in [-0.2, -0.15) is 0 Å². The van der Waals surface area contributed by atoms with Gasteiger partial charge in [0.1, 0.15) is 5.75 Å². The van der Waals surface area contributed by atoms with Gasteiger partial charge < -0.3 is 10.1 Å². The molecule has 3 rings (SSSR count). The molecule has 4 heteroatoms. The molecule has 1 aromatic heterocycles. The van der Waals surface area contributed by atoms with Crippen molar-refractivity contribution >= 4 is 16.8 Å². The fourth-order valence-electron chi connectivity index (χ4n) is 2.83. The number of nitrogens with one attached hydrogen (secondary N) is 1. The van der Waals surface area contributed by atoms with E-state index in [0.717, 1.165) is 33.5 Å². The van der Waals surface area contributed by atoms with Gasteiger partial charge in [0.25, 0.3) is 5.91 Å². The van der Waals surface area contributed by atoms with Crippen LogP contribution in [-0.4, -0.2) is 18.0 Å². The van der Waals surface area contributed by atoms with Gasteiger partial charge in [-0.1, -0.05) is 36.4 Å². The number of pyridine rings is 1. The van der Waals surface area contributed by atoms with Crippen LogP contribution in [0.15, 0.2) is 48.5 Å². The van der Waals surface area contributed by atoms with Crippen LogP contribution in [0.5, 0.6) is 5.75 Å². The summed E-state index contributed by atoms with van der Waals surface area (Å²) in [5.74, 6) is 0.659. The third kappa shape index (κ3) is 3.08. The first-order valence-corrected chi connectivity index (χ1v) is 7.87. The average Bonchev–Trinajstić information content (AvgIpc) is 2.60. The van der Waals surface area contributed by atoms with Gasteiger partial charge >= 0.3 is 0 Å². The Labute approximate surface area is 141 Å². The molecule has 0 radical (unpaired) electrons. The maximum absolute atomic E-state index is 12.7. The summed E-state index contributed by atoms with van der Waals surface area (Å²) in [4.78, 5) is 17.3. The second kappa shape index (κ2) is 6.71. The van der Waals surface area contributed by atoms with Crippen molar-refractivity contribution in [2.24, 2.45) is 0 Å². The Kier molecular flexibility index (Phi) is 4.47. The van der Waals surface area contributed by atoms with Gasteiger partial charge in [-0.3, -0.25) is 9.78 Å². The van der Waals surface area contributed by atoms with Crippen molar-refractivity contribution in [3.63, 3.8) is 0 Å². The van der Waals surface area contributed by atoms with E-state index in [1.807, 2.05) is 62.4 Å². The average molecular weight is 320 g/mol. The van der Waals surface area contributed by atoms with E-state index in [4.69, 9.17) is 4.74 Å². The van der Waals surface area contributed by atoms with Crippen molar-refractivity contribution in [2.45, 2.75) is 20.4 Å². The third-order valence-electron chi connectivity index (χ3n) is 4.05. The van der Waals surface area contributed by atoms with Crippen LogP contribution in [0.4, 0.5) is 0 Å². The molecule has 4 nitrogen and oxygen atoms in total. The molecular formula is C20H20N2O2. The van der Waals surface area contributed by atoms with Crippen molar-refractivity contribution in [1.82, 2.24) is 10.3 Å². The van der Waals surface area contributed by atoms with E-state index >= 15 is 0 Å². The fourth-order valence-corrected chi connectivity index (χ4v) is 2.83. The Morgan fingerprint density at radius 3 is 2.71 bits per heavy atom. The fraction of sp³-hybridized carbons (Fsp3) is 0.200. The van der Waals surface area contributed by atoms with E-state index < -0.39 is 0 Å². The minimum atomic E-state index is -0.109. The zero-order chi connectivity index (χ0) is 17.1. The molecule has 0 fully saturated rings. The van der Waals surface area contributed by atoms with Crippen molar-refractivity contribution in [1.29, 1.82) is 0 Å². The number of hydrogen-bond donors (Lipinski definition) is 1. The summed E-state index contributed by atoms with van der Waals surface area (Å²) in [7, 11) is 1.63. The van der Waals surface area contributed by atoms with Crippen LogP contribution in [0, 0.1) is 13.8 Å². The number of methoxy groups -OCH3 is 1. The predicted molar refractivity (Wildman–Crippen MR) is 95.4 cm³/mol. The van der Waals surface area contributed by atoms with Crippen LogP contribution in [-0.2, 0) is 6.54 Å². The highest BCUT2D eigenvalue weighted by Crippen LogP contribution is 2.22. The zero-order valence-electron chi connectivity index (χ0n) is 14.1. The molecule has 0 aliphatic heterocycles. The van der Waals surface area contributed by atoms with Gasteiger partial charge in [0, 0.05) is 23.2 Å². The SMILES string of the molecule is COc1ccccc1CNC(=O)c1cc(C)nc2c(C)cccc12. The summed E-state index contributed by atoms with van der Waals surface area (Å²) in [6.45, 7) is 4.33. The zero-order valence-corrected chi connectivity index (χ0v) is 14.1. The molecule has 0 spiro atoms. The Morgan fingerprint density at radius 1 is 1.12 bits per heavy atom. The molecule has 0 bridgehead atoms. The number of para-hydroxylation sites is 2. The van der Waals surface area contributed by atoms with E-state index in [1.54, 1.807) is 7.11 Å². The Bertz CT molecular complexity index is 903. The topological polar surface area (TPSA) is 51.2 Å². The van der Waals surface area contributed by atoms with Crippen LogP contribution >= 0.6 is 0 Å². The largest absolute Gasteiger partial charge is 0.496 e. The number of carbonyl (C=O) groups is 1. The Hall–Kier alpha value is -2.88. The van der Waals surface area contributed by atoms with Crippen molar-refractivity contribution in [3.8, 4) is 5.75 Å². The molecule has 0 aliphatic rings. The van der Waals surface area contributed by atoms with Crippen molar-refractivity contribution in [2.75, 3.05) is 7.11 Å². The lowest BCUT2D eigenvalue weighted by Gasteiger charge is -2.12. The van der Waals surface area contributed by atoms with E-state index in [2.05, 4.69) is 10.3 Å². The Balaban J connectivity index is 1.91. The number of aromatic nitrogens is 1. The lowest BCUT2D eigenvalue weighted by Crippen LogP contribution is -2.23. The van der Waals surface area contributed by atoms with Gasteiger partial charge in [0.05, 0.1) is 18.2 Å². The molecule has 0 saturated carbocycles. The monoisotopic (exact) mass is 320 g/mol. The van der Waals surface area contributed by atoms with Crippen LogP contribution in [0.25, 0.3) is 10.9 Å². The van der Waals surface area contributed by atoms with E-state index in [1.165, 1.54) is 0 Å². The first-order valence-electron chi connectivity index (χ1n) is 7.87. The summed E-state index contributed by atoms with van der Waals surface area (Å²) in [6.07, 6.45) is 0. The summed E-state index contributed by atoms with van der Waals surface area (Å²) < 4.78 is 5.33. The summed E-state index contributed by atoms with van der Waals surface area (Å²) in [6, 6.07) is 15.4. The number of aryl methyl sites for hydroxylation is 2. The summed E-state index contributed by atoms with van der Waals surface area (Å²) in [5.41, 5.74) is 4.37.